The molecule has 7 heteroatoms. The van der Waals surface area contributed by atoms with Gasteiger partial charge in [-0.05, 0) is 49.4 Å². The summed E-state index contributed by atoms with van der Waals surface area (Å²) in [6.45, 7) is 1.78. The summed E-state index contributed by atoms with van der Waals surface area (Å²) in [6, 6.07) is 14.4. The van der Waals surface area contributed by atoms with E-state index in [4.69, 9.17) is 11.6 Å². The molecule has 1 heterocycles. The van der Waals surface area contributed by atoms with E-state index < -0.39 is 0 Å². The highest BCUT2D eigenvalue weighted by Gasteiger charge is 2.12. The summed E-state index contributed by atoms with van der Waals surface area (Å²) >= 11 is 9.33. The molecular formula is C16H12BrClN4O. The molecule has 0 amide bonds. The maximum atomic E-state index is 12.5. The number of aromatic amines is 1. The lowest BCUT2D eigenvalue weighted by Crippen LogP contribution is -2.13. The van der Waals surface area contributed by atoms with Crippen LogP contribution in [0.1, 0.15) is 5.69 Å². The number of aromatic nitrogens is 2. The molecule has 23 heavy (non-hydrogen) atoms. The largest absolute Gasteiger partial charge is 0.299 e. The van der Waals surface area contributed by atoms with Crippen molar-refractivity contribution in [3.05, 3.63) is 74.1 Å². The van der Waals surface area contributed by atoms with Crippen LogP contribution in [0.5, 0.6) is 0 Å². The molecule has 0 bridgehead atoms. The van der Waals surface area contributed by atoms with E-state index in [1.807, 2.05) is 24.3 Å². The van der Waals surface area contributed by atoms with E-state index in [0.29, 0.717) is 22.1 Å². The minimum absolute atomic E-state index is 0.271. The molecule has 0 spiro atoms. The molecule has 0 atom stereocenters. The second kappa shape index (κ2) is 6.52. The van der Waals surface area contributed by atoms with Crippen molar-refractivity contribution >= 4 is 38.9 Å². The van der Waals surface area contributed by atoms with E-state index in [1.54, 1.807) is 31.2 Å². The van der Waals surface area contributed by atoms with E-state index >= 15 is 0 Å². The van der Waals surface area contributed by atoms with Crippen LogP contribution < -0.4 is 5.56 Å². The van der Waals surface area contributed by atoms with Gasteiger partial charge in [0.25, 0.3) is 5.56 Å². The predicted molar refractivity (Wildman–Crippen MR) is 94.5 cm³/mol. The van der Waals surface area contributed by atoms with Crippen molar-refractivity contribution < 1.29 is 0 Å². The van der Waals surface area contributed by atoms with Crippen LogP contribution in [0.2, 0.25) is 5.02 Å². The van der Waals surface area contributed by atoms with Crippen LogP contribution in [0.3, 0.4) is 0 Å². The molecule has 0 aliphatic heterocycles. The summed E-state index contributed by atoms with van der Waals surface area (Å²) in [5.41, 5.74) is 1.95. The minimum atomic E-state index is -0.273. The third-order valence-corrected chi connectivity index (χ3v) is 3.96. The van der Waals surface area contributed by atoms with Crippen molar-refractivity contribution in [2.45, 2.75) is 6.92 Å². The number of aryl methyl sites for hydroxylation is 1. The zero-order chi connectivity index (χ0) is 16.4. The Morgan fingerprint density at radius 2 is 1.87 bits per heavy atom. The number of hydrogen-bond acceptors (Lipinski definition) is 3. The first-order valence-electron chi connectivity index (χ1n) is 6.79. The van der Waals surface area contributed by atoms with E-state index in [9.17, 15) is 4.79 Å². The molecule has 1 N–H and O–H groups in total. The van der Waals surface area contributed by atoms with Gasteiger partial charge in [-0.15, -0.1) is 5.11 Å². The second-order valence-corrected chi connectivity index (χ2v) is 6.23. The number of nitrogens with zero attached hydrogens (tertiary/aromatic N) is 3. The van der Waals surface area contributed by atoms with Gasteiger partial charge in [-0.2, -0.15) is 5.11 Å². The van der Waals surface area contributed by atoms with Crippen LogP contribution in [0.4, 0.5) is 11.4 Å². The Bertz CT molecular complexity index is 928. The second-order valence-electron chi connectivity index (χ2n) is 4.88. The van der Waals surface area contributed by atoms with Crippen LogP contribution in [0, 0.1) is 6.92 Å². The standard InChI is InChI=1S/C16H12BrClN4O/c1-10-15(20-19-13-7-5-11(17)6-8-13)16(23)22(21-10)14-4-2-3-12(18)9-14/h2-9,21H,1H3. The molecule has 0 aliphatic carbocycles. The number of benzene rings is 2. The van der Waals surface area contributed by atoms with Crippen LogP contribution in [0.25, 0.3) is 5.69 Å². The topological polar surface area (TPSA) is 62.5 Å². The fourth-order valence-electron chi connectivity index (χ4n) is 2.07. The molecule has 0 saturated heterocycles. The molecule has 5 nitrogen and oxygen atoms in total. The minimum Gasteiger partial charge on any atom is -0.293 e. The fourth-order valence-corrected chi connectivity index (χ4v) is 2.52. The molecule has 0 unspecified atom stereocenters. The van der Waals surface area contributed by atoms with Crippen molar-refractivity contribution in [2.75, 3.05) is 0 Å². The Hall–Kier alpha value is -2.18. The first-order chi connectivity index (χ1) is 11.0. The smallest absolute Gasteiger partial charge is 0.293 e. The molecule has 0 saturated carbocycles. The van der Waals surface area contributed by atoms with Gasteiger partial charge in [0.15, 0.2) is 5.69 Å². The lowest BCUT2D eigenvalue weighted by atomic mass is 10.3. The van der Waals surface area contributed by atoms with E-state index in [2.05, 4.69) is 31.3 Å². The van der Waals surface area contributed by atoms with Crippen LogP contribution in [-0.2, 0) is 0 Å². The quantitative estimate of drug-likeness (QED) is 0.605. The Morgan fingerprint density at radius 1 is 1.13 bits per heavy atom. The molecule has 3 aromatic rings. The number of halogens is 2. The molecule has 2 aromatic carbocycles. The van der Waals surface area contributed by atoms with Crippen LogP contribution in [-0.4, -0.2) is 9.78 Å². The summed E-state index contributed by atoms with van der Waals surface area (Å²) in [6.07, 6.45) is 0. The number of azo groups is 1. The Balaban J connectivity index is 1.98. The van der Waals surface area contributed by atoms with Gasteiger partial charge in [0, 0.05) is 9.50 Å². The molecular weight excluding hydrogens is 380 g/mol. The molecule has 0 radical (unpaired) electrons. The zero-order valence-electron chi connectivity index (χ0n) is 12.1. The highest BCUT2D eigenvalue weighted by Crippen LogP contribution is 2.21. The van der Waals surface area contributed by atoms with E-state index in [0.717, 1.165) is 4.47 Å². The van der Waals surface area contributed by atoms with Crippen molar-refractivity contribution in [1.82, 2.24) is 9.78 Å². The highest BCUT2D eigenvalue weighted by molar-refractivity contribution is 9.10. The Kier molecular flexibility index (Phi) is 4.45. The predicted octanol–water partition coefficient (Wildman–Crippen LogP) is 5.31. The fraction of sp³-hybridized carbons (Fsp3) is 0.0625. The van der Waals surface area contributed by atoms with Crippen molar-refractivity contribution in [1.29, 1.82) is 0 Å². The van der Waals surface area contributed by atoms with E-state index in [-0.39, 0.29) is 11.2 Å². The molecule has 0 fully saturated rings. The Labute approximate surface area is 145 Å². The van der Waals surface area contributed by atoms with E-state index in [1.165, 1.54) is 4.68 Å². The average molecular weight is 392 g/mol. The summed E-state index contributed by atoms with van der Waals surface area (Å²) in [7, 11) is 0. The zero-order valence-corrected chi connectivity index (χ0v) is 14.5. The van der Waals surface area contributed by atoms with Gasteiger partial charge in [0.05, 0.1) is 17.1 Å². The monoisotopic (exact) mass is 390 g/mol. The summed E-state index contributed by atoms with van der Waals surface area (Å²) in [5, 5.41) is 11.7. The van der Waals surface area contributed by atoms with Gasteiger partial charge in [-0.3, -0.25) is 9.89 Å². The maximum absolute atomic E-state index is 12.5. The number of hydrogen-bond donors (Lipinski definition) is 1. The lowest BCUT2D eigenvalue weighted by molar-refractivity contribution is 0.835. The third-order valence-electron chi connectivity index (χ3n) is 3.20. The van der Waals surface area contributed by atoms with Gasteiger partial charge in [0.2, 0.25) is 0 Å². The van der Waals surface area contributed by atoms with Gasteiger partial charge in [-0.25, -0.2) is 4.68 Å². The first-order valence-corrected chi connectivity index (χ1v) is 7.96. The average Bonchev–Trinajstić information content (AvgIpc) is 2.82. The molecule has 0 aliphatic rings. The lowest BCUT2D eigenvalue weighted by Gasteiger charge is -2.00. The number of nitrogens with one attached hydrogen (secondary N) is 1. The maximum Gasteiger partial charge on any atom is 0.299 e. The number of rotatable bonds is 3. The van der Waals surface area contributed by atoms with Gasteiger partial charge in [0.1, 0.15) is 0 Å². The van der Waals surface area contributed by atoms with Crippen molar-refractivity contribution in [3.63, 3.8) is 0 Å². The molecule has 1 aromatic heterocycles. The van der Waals surface area contributed by atoms with Crippen molar-refractivity contribution in [3.8, 4) is 5.69 Å². The SMILES string of the molecule is Cc1[nH]n(-c2cccc(Cl)c2)c(=O)c1N=Nc1ccc(Br)cc1. The van der Waals surface area contributed by atoms with Gasteiger partial charge in [-0.1, -0.05) is 33.6 Å². The number of H-pyrrole nitrogens is 1. The third kappa shape index (κ3) is 3.43. The van der Waals surface area contributed by atoms with Crippen molar-refractivity contribution in [2.24, 2.45) is 10.2 Å². The summed E-state index contributed by atoms with van der Waals surface area (Å²) < 4.78 is 2.36. The summed E-state index contributed by atoms with van der Waals surface area (Å²) in [5.74, 6) is 0. The normalized spacial score (nSPS) is 11.3. The summed E-state index contributed by atoms with van der Waals surface area (Å²) in [4.78, 5) is 12.5. The van der Waals surface area contributed by atoms with Crippen LogP contribution >= 0.6 is 27.5 Å². The molecule has 116 valence electrons. The van der Waals surface area contributed by atoms with Crippen LogP contribution in [0.15, 0.2) is 68.0 Å². The van der Waals surface area contributed by atoms with Gasteiger partial charge >= 0.3 is 0 Å². The first kappa shape index (κ1) is 15.7. The Morgan fingerprint density at radius 3 is 2.57 bits per heavy atom. The molecule has 3 rings (SSSR count). The van der Waals surface area contributed by atoms with Gasteiger partial charge < -0.3 is 0 Å². The highest BCUT2D eigenvalue weighted by atomic mass is 79.9.